The summed E-state index contributed by atoms with van der Waals surface area (Å²) >= 11 is 0. The molecule has 0 aromatic heterocycles. The van der Waals surface area contributed by atoms with E-state index in [-0.39, 0.29) is 6.54 Å². The zero-order valence-electron chi connectivity index (χ0n) is 16.0. The minimum absolute atomic E-state index is 0.295. The summed E-state index contributed by atoms with van der Waals surface area (Å²) in [7, 11) is 1.25. The van der Waals surface area contributed by atoms with Crippen LogP contribution in [0.4, 0.5) is 4.79 Å². The number of unbranched alkanes of at least 4 members (excludes halogenated alkanes) is 2. The number of hydrogen-bond acceptors (Lipinski definition) is 3. The predicted molar refractivity (Wildman–Crippen MR) is 106 cm³/mol. The molecule has 3 rings (SSSR count). The molecular formula is C22H27NO4. The summed E-state index contributed by atoms with van der Waals surface area (Å²) in [5, 5.41) is 8.54. The van der Waals surface area contributed by atoms with Crippen LogP contribution in [-0.4, -0.2) is 42.3 Å². The van der Waals surface area contributed by atoms with Gasteiger partial charge in [-0.1, -0.05) is 68.3 Å². The molecule has 0 fully saturated rings. The summed E-state index contributed by atoms with van der Waals surface area (Å²) in [6, 6.07) is 17.3. The lowest BCUT2D eigenvalue weighted by atomic mass is 10.1. The Morgan fingerprint density at radius 2 is 1.56 bits per heavy atom. The average molecular weight is 369 g/mol. The number of carbonyl (C=O) groups is 2. The zero-order valence-corrected chi connectivity index (χ0v) is 16.0. The third-order valence-electron chi connectivity index (χ3n) is 4.50. The number of fused-ring (bicyclic) bond motifs is 3. The first-order chi connectivity index (χ1) is 13.1. The Hall–Kier alpha value is -2.82. The van der Waals surface area contributed by atoms with E-state index in [1.54, 1.807) is 0 Å². The first-order valence-electron chi connectivity index (χ1n) is 9.27. The van der Waals surface area contributed by atoms with E-state index in [1.165, 1.54) is 34.3 Å². The number of carbonyl (C=O) groups excluding carboxylic acids is 1. The molecule has 1 aliphatic carbocycles. The van der Waals surface area contributed by atoms with Gasteiger partial charge in [0, 0.05) is 6.54 Å². The highest BCUT2D eigenvalue weighted by Crippen LogP contribution is 2.35. The molecule has 0 spiro atoms. The van der Waals surface area contributed by atoms with E-state index in [4.69, 9.17) is 5.11 Å². The second-order valence-corrected chi connectivity index (χ2v) is 6.48. The molecule has 0 aliphatic heterocycles. The molecule has 5 nitrogen and oxygen atoms in total. The third-order valence-corrected chi connectivity index (χ3v) is 4.50. The molecule has 0 heterocycles. The standard InChI is InChI=1S/C13H10.C9H17NO4/c1-3-7-12-10(5-1)9-11-6-2-4-8-13(11)12;1-3-4-5-6-10(7-8(11)12)9(13)14-2/h1-8H,9H2;3-7H2,1-2H3,(H,11,12). The van der Waals surface area contributed by atoms with Gasteiger partial charge in [-0.3, -0.25) is 9.69 Å². The first-order valence-corrected chi connectivity index (χ1v) is 9.27. The lowest BCUT2D eigenvalue weighted by Crippen LogP contribution is -2.36. The van der Waals surface area contributed by atoms with Crippen molar-refractivity contribution in [3.05, 3.63) is 59.7 Å². The molecule has 5 heteroatoms. The SMILES string of the molecule is CCCCCN(CC(=O)O)C(=O)OC.c1ccc2c(c1)Cc1ccccc1-2. The Bertz CT molecular complexity index is 729. The molecule has 1 aliphatic rings. The molecule has 2 aromatic carbocycles. The van der Waals surface area contributed by atoms with Crippen LogP contribution in [0, 0.1) is 0 Å². The van der Waals surface area contributed by atoms with Crippen molar-refractivity contribution >= 4 is 12.1 Å². The van der Waals surface area contributed by atoms with Crippen molar-refractivity contribution in [2.24, 2.45) is 0 Å². The van der Waals surface area contributed by atoms with Gasteiger partial charge in [-0.15, -0.1) is 0 Å². The van der Waals surface area contributed by atoms with E-state index in [0.717, 1.165) is 25.7 Å². The van der Waals surface area contributed by atoms with E-state index < -0.39 is 12.1 Å². The van der Waals surface area contributed by atoms with Crippen LogP contribution < -0.4 is 0 Å². The first kappa shape index (κ1) is 20.5. The zero-order chi connectivity index (χ0) is 19.6. The van der Waals surface area contributed by atoms with Crippen molar-refractivity contribution in [1.82, 2.24) is 4.90 Å². The van der Waals surface area contributed by atoms with Gasteiger partial charge in [-0.25, -0.2) is 4.79 Å². The maximum absolute atomic E-state index is 11.1. The number of amides is 1. The van der Waals surface area contributed by atoms with Crippen molar-refractivity contribution in [1.29, 1.82) is 0 Å². The van der Waals surface area contributed by atoms with Crippen molar-refractivity contribution in [3.63, 3.8) is 0 Å². The summed E-state index contributed by atoms with van der Waals surface area (Å²) in [6.07, 6.45) is 3.34. The molecule has 2 aromatic rings. The molecule has 0 unspecified atom stereocenters. The highest BCUT2D eigenvalue weighted by molar-refractivity contribution is 5.77. The normalized spacial score (nSPS) is 10.9. The summed E-state index contributed by atoms with van der Waals surface area (Å²) in [5.41, 5.74) is 5.75. The van der Waals surface area contributed by atoms with E-state index in [2.05, 4.69) is 53.3 Å². The molecule has 0 saturated heterocycles. The number of ether oxygens (including phenoxy) is 1. The monoisotopic (exact) mass is 369 g/mol. The molecule has 1 amide bonds. The Labute approximate surface area is 160 Å². The number of methoxy groups -OCH3 is 1. The second kappa shape index (κ2) is 10.4. The van der Waals surface area contributed by atoms with Crippen LogP contribution in [0.5, 0.6) is 0 Å². The van der Waals surface area contributed by atoms with Gasteiger partial charge in [-0.2, -0.15) is 0 Å². The van der Waals surface area contributed by atoms with Crippen LogP contribution in [0.2, 0.25) is 0 Å². The number of carboxylic acid groups (broad SMARTS) is 1. The minimum atomic E-state index is -1.02. The lowest BCUT2D eigenvalue weighted by molar-refractivity contribution is -0.137. The number of benzene rings is 2. The van der Waals surface area contributed by atoms with Crippen molar-refractivity contribution in [2.45, 2.75) is 32.6 Å². The number of aliphatic carboxylic acids is 1. The van der Waals surface area contributed by atoms with E-state index in [9.17, 15) is 9.59 Å². The third kappa shape index (κ3) is 5.84. The molecule has 0 atom stereocenters. The Kier molecular flexibility index (Phi) is 7.86. The fraction of sp³-hybridized carbons (Fsp3) is 0.364. The van der Waals surface area contributed by atoms with Gasteiger partial charge in [0.25, 0.3) is 0 Å². The molecular weight excluding hydrogens is 342 g/mol. The van der Waals surface area contributed by atoms with Crippen LogP contribution in [0.15, 0.2) is 48.5 Å². The van der Waals surface area contributed by atoms with Gasteiger partial charge in [0.1, 0.15) is 6.54 Å². The largest absolute Gasteiger partial charge is 0.480 e. The summed E-state index contributed by atoms with van der Waals surface area (Å²) < 4.78 is 4.47. The summed E-state index contributed by atoms with van der Waals surface area (Å²) in [5.74, 6) is -1.02. The Balaban J connectivity index is 0.000000193. The highest BCUT2D eigenvalue weighted by Gasteiger charge is 2.16. The number of nitrogens with zero attached hydrogens (tertiary/aromatic N) is 1. The molecule has 0 radical (unpaired) electrons. The van der Waals surface area contributed by atoms with Gasteiger partial charge >= 0.3 is 12.1 Å². The Morgan fingerprint density at radius 1 is 1.00 bits per heavy atom. The van der Waals surface area contributed by atoms with E-state index in [0.29, 0.717) is 6.54 Å². The molecule has 27 heavy (non-hydrogen) atoms. The maximum Gasteiger partial charge on any atom is 0.410 e. The van der Waals surface area contributed by atoms with Gasteiger partial charge in [0.05, 0.1) is 7.11 Å². The molecule has 1 N–H and O–H groups in total. The van der Waals surface area contributed by atoms with E-state index >= 15 is 0 Å². The fourth-order valence-electron chi connectivity index (χ4n) is 3.16. The van der Waals surface area contributed by atoms with Gasteiger partial charge in [-0.05, 0) is 35.1 Å². The van der Waals surface area contributed by atoms with E-state index in [1.807, 2.05) is 6.92 Å². The van der Waals surface area contributed by atoms with Gasteiger partial charge < -0.3 is 9.84 Å². The topological polar surface area (TPSA) is 66.8 Å². The summed E-state index contributed by atoms with van der Waals surface area (Å²) in [4.78, 5) is 22.7. The predicted octanol–water partition coefficient (Wildman–Crippen LogP) is 4.59. The van der Waals surface area contributed by atoms with Crippen molar-refractivity contribution in [2.75, 3.05) is 20.2 Å². The lowest BCUT2D eigenvalue weighted by Gasteiger charge is -2.18. The minimum Gasteiger partial charge on any atom is -0.480 e. The quantitative estimate of drug-likeness (QED) is 0.646. The van der Waals surface area contributed by atoms with Gasteiger partial charge in [0.15, 0.2) is 0 Å². The average Bonchev–Trinajstić information content (AvgIpc) is 3.05. The van der Waals surface area contributed by atoms with Crippen LogP contribution in [0.25, 0.3) is 11.1 Å². The van der Waals surface area contributed by atoms with Gasteiger partial charge in [0.2, 0.25) is 0 Å². The number of hydrogen-bond donors (Lipinski definition) is 1. The van der Waals surface area contributed by atoms with Crippen LogP contribution in [0.1, 0.15) is 37.3 Å². The Morgan fingerprint density at radius 3 is 2.04 bits per heavy atom. The second-order valence-electron chi connectivity index (χ2n) is 6.48. The maximum atomic E-state index is 11.1. The molecule has 0 bridgehead atoms. The molecule has 0 saturated carbocycles. The molecule has 144 valence electrons. The number of carboxylic acids is 1. The van der Waals surface area contributed by atoms with Crippen LogP contribution in [-0.2, 0) is 16.0 Å². The van der Waals surface area contributed by atoms with Crippen LogP contribution >= 0.6 is 0 Å². The van der Waals surface area contributed by atoms with Crippen LogP contribution in [0.3, 0.4) is 0 Å². The smallest absolute Gasteiger partial charge is 0.410 e. The number of rotatable bonds is 6. The summed E-state index contributed by atoms with van der Waals surface area (Å²) in [6.45, 7) is 2.18. The van der Waals surface area contributed by atoms with Crippen molar-refractivity contribution < 1.29 is 19.4 Å². The fourth-order valence-corrected chi connectivity index (χ4v) is 3.16. The highest BCUT2D eigenvalue weighted by atomic mass is 16.5. The van der Waals surface area contributed by atoms with Crippen molar-refractivity contribution in [3.8, 4) is 11.1 Å².